The van der Waals surface area contributed by atoms with E-state index in [-0.39, 0.29) is 11.7 Å². The molecule has 0 saturated carbocycles. The summed E-state index contributed by atoms with van der Waals surface area (Å²) in [5, 5.41) is 2.05. The molecule has 2 fully saturated rings. The number of para-hydroxylation sites is 1. The minimum absolute atomic E-state index is 0.367. The van der Waals surface area contributed by atoms with Gasteiger partial charge in [0.2, 0.25) is 5.91 Å². The fourth-order valence-electron chi connectivity index (χ4n) is 4.29. The number of carbonyl (C=O) groups excluding carboxylic acids is 2. The molecule has 0 unspecified atom stereocenters. The van der Waals surface area contributed by atoms with E-state index in [2.05, 4.69) is 0 Å². The van der Waals surface area contributed by atoms with Crippen LogP contribution >= 0.6 is 11.6 Å². The predicted octanol–water partition coefficient (Wildman–Crippen LogP) is 4.84. The fourth-order valence-corrected chi connectivity index (χ4v) is 4.46. The Hall–Kier alpha value is -3.22. The van der Waals surface area contributed by atoms with Gasteiger partial charge in [-0.3, -0.25) is 14.4 Å². The Morgan fingerprint density at radius 2 is 1.61 bits per heavy atom. The number of carbonyl (C=O) groups is 2. The second kappa shape index (κ2) is 7.48. The number of halogens is 2. The second-order valence-electron chi connectivity index (χ2n) is 7.61. The maximum Gasteiger partial charge on any atom is 0.266 e. The second-order valence-corrected chi connectivity index (χ2v) is 8.01. The third kappa shape index (κ3) is 3.10. The number of hydrogen-bond donors (Lipinski definition) is 0. The molecule has 5 nitrogen and oxygen atoms in total. The number of anilines is 2. The lowest BCUT2D eigenvalue weighted by molar-refractivity contribution is -0.126. The minimum Gasteiger partial charge on any atom is -0.273 e. The number of fused-ring (bicyclic) bond motifs is 1. The molecule has 2 aliphatic rings. The zero-order valence-electron chi connectivity index (χ0n) is 16.5. The summed E-state index contributed by atoms with van der Waals surface area (Å²) in [5.41, 5.74) is 2.48. The Kier molecular flexibility index (Phi) is 4.76. The van der Waals surface area contributed by atoms with Gasteiger partial charge in [-0.05, 0) is 54.4 Å². The first-order valence-corrected chi connectivity index (χ1v) is 10.2. The van der Waals surface area contributed by atoms with Crippen molar-refractivity contribution < 1.29 is 18.8 Å². The van der Waals surface area contributed by atoms with Crippen molar-refractivity contribution >= 4 is 34.8 Å². The van der Waals surface area contributed by atoms with E-state index < -0.39 is 24.0 Å². The quantitative estimate of drug-likeness (QED) is 0.551. The highest BCUT2D eigenvalue weighted by molar-refractivity contribution is 6.32. The van der Waals surface area contributed by atoms with E-state index in [1.165, 1.54) is 12.1 Å². The molecule has 2 amide bonds. The van der Waals surface area contributed by atoms with Crippen LogP contribution in [0.2, 0.25) is 5.02 Å². The van der Waals surface area contributed by atoms with Crippen LogP contribution in [0.4, 0.5) is 15.8 Å². The zero-order chi connectivity index (χ0) is 21.7. The zero-order valence-corrected chi connectivity index (χ0v) is 17.3. The standard InChI is InChI=1S/C24H18ClFN2O3/c1-14-18(25)8-5-9-19(14)27-23(29)20-21(15-10-12-16(26)13-11-15)28(31-22(20)24(27)30)17-6-3-2-4-7-17/h2-13,20-22H,1H3/t20-,21-,22+/m0/s1. The van der Waals surface area contributed by atoms with Gasteiger partial charge in [-0.1, -0.05) is 48.0 Å². The summed E-state index contributed by atoms with van der Waals surface area (Å²) in [6.07, 6.45) is -0.985. The first-order chi connectivity index (χ1) is 15.0. The van der Waals surface area contributed by atoms with Gasteiger partial charge in [0.05, 0.1) is 17.4 Å². The molecule has 31 heavy (non-hydrogen) atoms. The summed E-state index contributed by atoms with van der Waals surface area (Å²) in [5.74, 6) is -1.97. The van der Waals surface area contributed by atoms with Gasteiger partial charge in [-0.25, -0.2) is 14.4 Å². The van der Waals surface area contributed by atoms with E-state index >= 15 is 0 Å². The molecule has 0 bridgehead atoms. The SMILES string of the molecule is Cc1c(Cl)cccc1N1C(=O)[C@@H]2[C@@H](ON(c3ccccc3)[C@H]2c2ccc(F)cc2)C1=O. The Labute approximate surface area is 183 Å². The molecule has 3 atom stereocenters. The summed E-state index contributed by atoms with van der Waals surface area (Å²) in [6.45, 7) is 1.76. The van der Waals surface area contributed by atoms with Crippen molar-refractivity contribution in [2.75, 3.05) is 9.96 Å². The van der Waals surface area contributed by atoms with Crippen molar-refractivity contribution in [2.45, 2.75) is 19.1 Å². The summed E-state index contributed by atoms with van der Waals surface area (Å²) in [6, 6.07) is 19.7. The number of amides is 2. The Balaban J connectivity index is 1.60. The molecule has 0 spiro atoms. The van der Waals surface area contributed by atoms with Crippen LogP contribution in [0.5, 0.6) is 0 Å². The summed E-state index contributed by atoms with van der Waals surface area (Å²) in [7, 11) is 0. The van der Waals surface area contributed by atoms with Crippen LogP contribution in [0.3, 0.4) is 0 Å². The molecule has 3 aromatic carbocycles. The largest absolute Gasteiger partial charge is 0.273 e. The van der Waals surface area contributed by atoms with Crippen molar-refractivity contribution in [1.29, 1.82) is 0 Å². The van der Waals surface area contributed by atoms with Gasteiger partial charge in [0.15, 0.2) is 6.10 Å². The molecule has 2 aliphatic heterocycles. The van der Waals surface area contributed by atoms with Crippen LogP contribution in [-0.4, -0.2) is 17.9 Å². The average molecular weight is 437 g/mol. The van der Waals surface area contributed by atoms with E-state index in [9.17, 15) is 14.0 Å². The van der Waals surface area contributed by atoms with Gasteiger partial charge in [-0.15, -0.1) is 0 Å². The Morgan fingerprint density at radius 1 is 0.903 bits per heavy atom. The lowest BCUT2D eigenvalue weighted by atomic mass is 9.90. The van der Waals surface area contributed by atoms with E-state index in [4.69, 9.17) is 16.4 Å². The lowest BCUT2D eigenvalue weighted by Crippen LogP contribution is -2.37. The van der Waals surface area contributed by atoms with Gasteiger partial charge in [0.1, 0.15) is 11.7 Å². The van der Waals surface area contributed by atoms with Gasteiger partial charge >= 0.3 is 0 Å². The molecule has 5 rings (SSSR count). The molecular weight excluding hydrogens is 419 g/mol. The van der Waals surface area contributed by atoms with E-state index in [1.54, 1.807) is 42.3 Å². The number of benzene rings is 3. The maximum atomic E-state index is 13.6. The molecule has 2 saturated heterocycles. The van der Waals surface area contributed by atoms with Gasteiger partial charge in [0, 0.05) is 5.02 Å². The third-order valence-electron chi connectivity index (χ3n) is 5.82. The molecule has 0 aliphatic carbocycles. The number of rotatable bonds is 3. The first-order valence-electron chi connectivity index (χ1n) is 9.87. The average Bonchev–Trinajstić information content (AvgIpc) is 3.28. The molecule has 0 N–H and O–H groups in total. The molecule has 7 heteroatoms. The Bertz CT molecular complexity index is 1170. The predicted molar refractivity (Wildman–Crippen MR) is 115 cm³/mol. The van der Waals surface area contributed by atoms with E-state index in [0.717, 1.165) is 4.90 Å². The smallest absolute Gasteiger partial charge is 0.266 e. The highest BCUT2D eigenvalue weighted by Gasteiger charge is 2.60. The van der Waals surface area contributed by atoms with Crippen LogP contribution < -0.4 is 9.96 Å². The molecular formula is C24H18ClFN2O3. The van der Waals surface area contributed by atoms with E-state index in [1.807, 2.05) is 30.3 Å². The summed E-state index contributed by atoms with van der Waals surface area (Å²) < 4.78 is 13.6. The minimum atomic E-state index is -0.985. The van der Waals surface area contributed by atoms with Crippen molar-refractivity contribution in [2.24, 2.45) is 5.92 Å². The highest BCUT2D eigenvalue weighted by atomic mass is 35.5. The topological polar surface area (TPSA) is 49.9 Å². The maximum absolute atomic E-state index is 13.6. The van der Waals surface area contributed by atoms with Crippen molar-refractivity contribution in [1.82, 2.24) is 0 Å². The van der Waals surface area contributed by atoms with Gasteiger partial charge in [-0.2, -0.15) is 0 Å². The van der Waals surface area contributed by atoms with Crippen molar-refractivity contribution in [3.8, 4) is 0 Å². The number of imide groups is 1. The van der Waals surface area contributed by atoms with Gasteiger partial charge < -0.3 is 0 Å². The van der Waals surface area contributed by atoms with E-state index in [0.29, 0.717) is 27.5 Å². The third-order valence-corrected chi connectivity index (χ3v) is 6.23. The van der Waals surface area contributed by atoms with Crippen LogP contribution in [0, 0.1) is 18.7 Å². The normalized spacial score (nSPS) is 22.9. The molecule has 0 aromatic heterocycles. The van der Waals surface area contributed by atoms with Crippen LogP contribution in [0.25, 0.3) is 0 Å². The fraction of sp³-hybridized carbons (Fsp3) is 0.167. The highest BCUT2D eigenvalue weighted by Crippen LogP contribution is 2.48. The molecule has 0 radical (unpaired) electrons. The molecule has 156 valence electrons. The number of hydroxylamine groups is 1. The summed E-state index contributed by atoms with van der Waals surface area (Å²) in [4.78, 5) is 34.1. The molecule has 3 aromatic rings. The van der Waals surface area contributed by atoms with Crippen LogP contribution in [0.15, 0.2) is 72.8 Å². The summed E-state index contributed by atoms with van der Waals surface area (Å²) >= 11 is 6.23. The lowest BCUT2D eigenvalue weighted by Gasteiger charge is -2.29. The number of hydrogen-bond acceptors (Lipinski definition) is 4. The Morgan fingerprint density at radius 3 is 2.32 bits per heavy atom. The first kappa shape index (κ1) is 19.7. The monoisotopic (exact) mass is 436 g/mol. The van der Waals surface area contributed by atoms with Crippen LogP contribution in [0.1, 0.15) is 17.2 Å². The van der Waals surface area contributed by atoms with Crippen LogP contribution in [-0.2, 0) is 14.4 Å². The number of nitrogens with zero attached hydrogens (tertiary/aromatic N) is 2. The molecule has 2 heterocycles. The van der Waals surface area contributed by atoms with Crippen molar-refractivity contribution in [3.63, 3.8) is 0 Å². The van der Waals surface area contributed by atoms with Crippen molar-refractivity contribution in [3.05, 3.63) is 94.8 Å². The van der Waals surface area contributed by atoms with Gasteiger partial charge in [0.25, 0.3) is 5.91 Å².